The lowest BCUT2D eigenvalue weighted by atomic mass is 9.96. The first-order valence-corrected chi connectivity index (χ1v) is 7.96. The summed E-state index contributed by atoms with van der Waals surface area (Å²) in [5, 5.41) is 1.16. The number of fused-ring (bicyclic) bond motifs is 1. The zero-order chi connectivity index (χ0) is 15.7. The Morgan fingerprint density at radius 2 is 1.68 bits per heavy atom. The van der Waals surface area contributed by atoms with Crippen molar-refractivity contribution in [3.05, 3.63) is 59.4 Å². The van der Waals surface area contributed by atoms with Crippen LogP contribution in [0.15, 0.2) is 46.9 Å². The second kappa shape index (κ2) is 5.98. The Hall–Kier alpha value is -2.06. The van der Waals surface area contributed by atoms with Gasteiger partial charge >= 0.3 is 0 Å². The number of furan rings is 1. The predicted octanol–water partition coefficient (Wildman–Crippen LogP) is 5.52. The average Bonchev–Trinajstić information content (AvgIpc) is 2.87. The van der Waals surface area contributed by atoms with Crippen molar-refractivity contribution >= 4 is 11.0 Å². The van der Waals surface area contributed by atoms with Crippen LogP contribution in [0.1, 0.15) is 42.7 Å². The molecule has 114 valence electrons. The largest absolute Gasteiger partial charge is 0.459 e. The maximum absolute atomic E-state index is 6.38. The third kappa shape index (κ3) is 2.67. The number of nitrogens with two attached hydrogens (primary N) is 1. The maximum Gasteiger partial charge on any atom is 0.135 e. The number of hydrogen-bond acceptors (Lipinski definition) is 2. The fraction of sp³-hybridized carbons (Fsp3) is 0.300. The molecule has 1 unspecified atom stereocenters. The van der Waals surface area contributed by atoms with E-state index in [1.54, 1.807) is 0 Å². The highest BCUT2D eigenvalue weighted by atomic mass is 16.3. The highest BCUT2D eigenvalue weighted by molar-refractivity contribution is 5.96. The molecule has 3 rings (SSSR count). The van der Waals surface area contributed by atoms with Gasteiger partial charge in [-0.3, -0.25) is 0 Å². The summed E-state index contributed by atoms with van der Waals surface area (Å²) >= 11 is 0. The Bertz CT molecular complexity index is 783. The number of hydrogen-bond donors (Lipinski definition) is 1. The van der Waals surface area contributed by atoms with E-state index in [0.29, 0.717) is 0 Å². The van der Waals surface area contributed by atoms with Crippen LogP contribution in [0.5, 0.6) is 0 Å². The van der Waals surface area contributed by atoms with E-state index in [9.17, 15) is 0 Å². The molecule has 0 saturated carbocycles. The number of rotatable bonds is 4. The lowest BCUT2D eigenvalue weighted by Gasteiger charge is -2.10. The second-order valence-corrected chi connectivity index (χ2v) is 6.10. The molecule has 0 saturated heterocycles. The van der Waals surface area contributed by atoms with E-state index in [1.165, 1.54) is 16.7 Å². The Balaban J connectivity index is 2.25. The van der Waals surface area contributed by atoms with Gasteiger partial charge in [-0.2, -0.15) is 0 Å². The first-order valence-electron chi connectivity index (χ1n) is 7.96. The molecule has 0 aliphatic carbocycles. The Labute approximate surface area is 131 Å². The van der Waals surface area contributed by atoms with Crippen molar-refractivity contribution in [2.45, 2.75) is 39.7 Å². The first-order chi connectivity index (χ1) is 10.6. The van der Waals surface area contributed by atoms with Crippen molar-refractivity contribution in [2.75, 3.05) is 0 Å². The molecule has 2 heteroatoms. The summed E-state index contributed by atoms with van der Waals surface area (Å²) in [5.41, 5.74) is 12.1. The van der Waals surface area contributed by atoms with E-state index >= 15 is 0 Å². The molecule has 0 aliphatic heterocycles. The Morgan fingerprint density at radius 1 is 1.00 bits per heavy atom. The molecular formula is C20H23NO. The molecule has 0 radical (unpaired) electrons. The van der Waals surface area contributed by atoms with Gasteiger partial charge in [0.05, 0.1) is 6.04 Å². The summed E-state index contributed by atoms with van der Waals surface area (Å²) in [5.74, 6) is 0.909. The van der Waals surface area contributed by atoms with Crippen LogP contribution in [0.25, 0.3) is 22.1 Å². The zero-order valence-electron chi connectivity index (χ0n) is 13.5. The minimum atomic E-state index is -0.0611. The molecule has 0 spiro atoms. The number of benzene rings is 2. The molecular weight excluding hydrogens is 270 g/mol. The quantitative estimate of drug-likeness (QED) is 0.688. The van der Waals surface area contributed by atoms with Gasteiger partial charge in [-0.1, -0.05) is 54.8 Å². The van der Waals surface area contributed by atoms with Crippen LogP contribution in [0.3, 0.4) is 0 Å². The van der Waals surface area contributed by atoms with Gasteiger partial charge in [0.1, 0.15) is 11.3 Å². The fourth-order valence-electron chi connectivity index (χ4n) is 2.95. The maximum atomic E-state index is 6.38. The van der Waals surface area contributed by atoms with Crippen LogP contribution in [-0.2, 0) is 0 Å². The van der Waals surface area contributed by atoms with E-state index < -0.39 is 0 Å². The van der Waals surface area contributed by atoms with Gasteiger partial charge < -0.3 is 10.2 Å². The molecule has 1 aromatic heterocycles. The predicted molar refractivity (Wildman–Crippen MR) is 93.0 cm³/mol. The monoisotopic (exact) mass is 293 g/mol. The van der Waals surface area contributed by atoms with Crippen molar-refractivity contribution in [1.82, 2.24) is 0 Å². The Kier molecular flexibility index (Phi) is 4.04. The van der Waals surface area contributed by atoms with E-state index in [4.69, 9.17) is 10.2 Å². The third-order valence-corrected chi connectivity index (χ3v) is 4.15. The zero-order valence-corrected chi connectivity index (χ0v) is 13.5. The van der Waals surface area contributed by atoms with Gasteiger partial charge in [-0.05, 0) is 38.0 Å². The van der Waals surface area contributed by atoms with Crippen LogP contribution >= 0.6 is 0 Å². The van der Waals surface area contributed by atoms with Crippen molar-refractivity contribution in [2.24, 2.45) is 5.73 Å². The minimum absolute atomic E-state index is 0.0611. The highest BCUT2D eigenvalue weighted by Gasteiger charge is 2.20. The topological polar surface area (TPSA) is 39.2 Å². The molecule has 0 aliphatic rings. The highest BCUT2D eigenvalue weighted by Crippen LogP contribution is 2.39. The summed E-state index contributed by atoms with van der Waals surface area (Å²) in [6, 6.07) is 14.8. The summed E-state index contributed by atoms with van der Waals surface area (Å²) in [6.07, 6.45) is 1.97. The lowest BCUT2D eigenvalue weighted by Crippen LogP contribution is -2.09. The fourth-order valence-corrected chi connectivity index (χ4v) is 2.95. The molecule has 22 heavy (non-hydrogen) atoms. The van der Waals surface area contributed by atoms with Gasteiger partial charge in [-0.15, -0.1) is 0 Å². The van der Waals surface area contributed by atoms with Gasteiger partial charge in [0.25, 0.3) is 0 Å². The van der Waals surface area contributed by atoms with Gasteiger partial charge in [0, 0.05) is 10.9 Å². The van der Waals surface area contributed by atoms with E-state index in [0.717, 1.165) is 35.1 Å². The third-order valence-electron chi connectivity index (χ3n) is 4.15. The normalized spacial score (nSPS) is 12.7. The van der Waals surface area contributed by atoms with Crippen molar-refractivity contribution in [3.8, 4) is 11.1 Å². The molecule has 0 amide bonds. The van der Waals surface area contributed by atoms with Crippen molar-refractivity contribution in [3.63, 3.8) is 0 Å². The molecule has 1 heterocycles. The molecule has 2 N–H and O–H groups in total. The van der Waals surface area contributed by atoms with Crippen LogP contribution < -0.4 is 5.73 Å². The van der Waals surface area contributed by atoms with E-state index in [-0.39, 0.29) is 6.04 Å². The summed E-state index contributed by atoms with van der Waals surface area (Å²) in [7, 11) is 0. The van der Waals surface area contributed by atoms with Crippen molar-refractivity contribution < 1.29 is 4.42 Å². The summed E-state index contributed by atoms with van der Waals surface area (Å²) < 4.78 is 6.13. The van der Waals surface area contributed by atoms with Crippen LogP contribution in [0, 0.1) is 13.8 Å². The van der Waals surface area contributed by atoms with Crippen LogP contribution in [-0.4, -0.2) is 0 Å². The van der Waals surface area contributed by atoms with Crippen molar-refractivity contribution in [1.29, 1.82) is 0 Å². The molecule has 2 aromatic carbocycles. The van der Waals surface area contributed by atoms with E-state index in [1.807, 2.05) is 6.07 Å². The average molecular weight is 293 g/mol. The molecule has 1 atom stereocenters. The summed E-state index contributed by atoms with van der Waals surface area (Å²) in [4.78, 5) is 0. The number of aryl methyl sites for hydroxylation is 2. The Morgan fingerprint density at radius 3 is 2.36 bits per heavy atom. The van der Waals surface area contributed by atoms with Gasteiger partial charge in [0.2, 0.25) is 0 Å². The lowest BCUT2D eigenvalue weighted by molar-refractivity contribution is 0.477. The smallest absolute Gasteiger partial charge is 0.135 e. The van der Waals surface area contributed by atoms with E-state index in [2.05, 4.69) is 57.2 Å². The second-order valence-electron chi connectivity index (χ2n) is 6.10. The first kappa shape index (κ1) is 14.9. The summed E-state index contributed by atoms with van der Waals surface area (Å²) in [6.45, 7) is 6.36. The van der Waals surface area contributed by atoms with Crippen LogP contribution in [0.4, 0.5) is 0 Å². The van der Waals surface area contributed by atoms with Gasteiger partial charge in [0.15, 0.2) is 0 Å². The van der Waals surface area contributed by atoms with Gasteiger partial charge in [-0.25, -0.2) is 0 Å². The minimum Gasteiger partial charge on any atom is -0.459 e. The molecule has 0 fully saturated rings. The molecule has 0 bridgehead atoms. The van der Waals surface area contributed by atoms with Crippen LogP contribution in [0.2, 0.25) is 0 Å². The molecule has 2 nitrogen and oxygen atoms in total. The molecule has 3 aromatic rings. The standard InChI is InChI=1S/C20H23NO/c1-4-5-17(21)20-19(15-9-6-13(2)7-10-15)16-12-14(3)8-11-18(16)22-20/h6-12,17H,4-5,21H2,1-3H3. The SMILES string of the molecule is CCCC(N)c1oc2ccc(C)cc2c1-c1ccc(C)cc1.